The maximum Gasteiger partial charge on any atom is 0.242 e. The molecule has 0 aliphatic carbocycles. The van der Waals surface area contributed by atoms with Crippen molar-refractivity contribution in [3.8, 4) is 11.3 Å². The fraction of sp³-hybridized carbons (Fsp3) is 0.0800. The predicted octanol–water partition coefficient (Wildman–Crippen LogP) is 4.94. The fourth-order valence-corrected chi connectivity index (χ4v) is 4.24. The number of benzene rings is 3. The number of aromatic nitrogens is 2. The fourth-order valence-electron chi connectivity index (χ4n) is 3.24. The lowest BCUT2D eigenvalue weighted by atomic mass is 10.1. The Morgan fingerprint density at radius 3 is 2.34 bits per heavy atom. The number of anilines is 1. The van der Waals surface area contributed by atoms with Crippen LogP contribution in [0.1, 0.15) is 28.1 Å². The van der Waals surface area contributed by atoms with Crippen molar-refractivity contribution in [3.63, 3.8) is 0 Å². The Morgan fingerprint density at radius 2 is 1.66 bits per heavy atom. The van der Waals surface area contributed by atoms with Crippen LogP contribution < -0.4 is 11.2 Å². The zero-order chi connectivity index (χ0) is 22.5. The maximum atomic E-state index is 13.3. The van der Waals surface area contributed by atoms with Crippen molar-refractivity contribution >= 4 is 29.1 Å². The van der Waals surface area contributed by atoms with Crippen LogP contribution in [-0.4, -0.2) is 21.4 Å². The largest absolute Gasteiger partial charge is 0.337 e. The van der Waals surface area contributed by atoms with Gasteiger partial charge in [-0.3, -0.25) is 9.59 Å². The zero-order valence-corrected chi connectivity index (χ0v) is 18.3. The smallest absolute Gasteiger partial charge is 0.242 e. The van der Waals surface area contributed by atoms with E-state index in [1.54, 1.807) is 30.5 Å². The summed E-state index contributed by atoms with van der Waals surface area (Å²) in [5.74, 6) is 5.88. The highest BCUT2D eigenvalue weighted by Crippen LogP contribution is 2.36. The number of nitrogens with zero attached hydrogens (tertiary/aromatic N) is 2. The van der Waals surface area contributed by atoms with Gasteiger partial charge in [-0.25, -0.2) is 9.66 Å². The third kappa shape index (κ3) is 4.90. The molecule has 1 aromatic heterocycles. The summed E-state index contributed by atoms with van der Waals surface area (Å²) in [5.41, 5.74) is 3.60. The molecule has 3 aromatic carbocycles. The maximum absolute atomic E-state index is 13.3. The minimum atomic E-state index is -0.592. The Balaban J connectivity index is 1.62. The molecule has 1 heterocycles. The van der Waals surface area contributed by atoms with Gasteiger partial charge >= 0.3 is 0 Å². The van der Waals surface area contributed by atoms with Gasteiger partial charge in [-0.2, -0.15) is 0 Å². The number of hydrogen-bond donors (Lipinski definition) is 2. The second kappa shape index (κ2) is 9.53. The Kier molecular flexibility index (Phi) is 6.37. The number of nitrogens with two attached hydrogens (primary N) is 1. The SMILES string of the molecule is CC(=O)c1cccc(NC(=O)[C@@H](Sc2nc(-c3ccccc3)cn2N)c2ccccc2)c1. The normalized spacial score (nSPS) is 11.7. The van der Waals surface area contributed by atoms with Gasteiger partial charge in [-0.15, -0.1) is 0 Å². The van der Waals surface area contributed by atoms with Gasteiger partial charge in [-0.1, -0.05) is 84.6 Å². The number of Topliss-reactive ketones (excluding diaryl/α,β-unsaturated/α-hetero) is 1. The first-order valence-electron chi connectivity index (χ1n) is 10.0. The molecule has 32 heavy (non-hydrogen) atoms. The van der Waals surface area contributed by atoms with Crippen LogP contribution in [0.4, 0.5) is 5.69 Å². The standard InChI is InChI=1S/C25H22N4O2S/c1-17(30)20-13-8-14-21(15-20)27-24(31)23(19-11-6-3-7-12-19)32-25-28-22(16-29(25)26)18-9-4-2-5-10-18/h2-16,23H,26H2,1H3,(H,27,31)/t23-/m0/s1. The van der Waals surface area contributed by atoms with Crippen LogP contribution in [0, 0.1) is 0 Å². The molecule has 6 nitrogen and oxygen atoms in total. The van der Waals surface area contributed by atoms with Crippen molar-refractivity contribution in [2.24, 2.45) is 0 Å². The monoisotopic (exact) mass is 442 g/mol. The van der Waals surface area contributed by atoms with Gasteiger partial charge in [0.15, 0.2) is 10.9 Å². The van der Waals surface area contributed by atoms with E-state index >= 15 is 0 Å². The molecule has 0 aliphatic rings. The van der Waals surface area contributed by atoms with E-state index in [-0.39, 0.29) is 11.7 Å². The van der Waals surface area contributed by atoms with E-state index in [4.69, 9.17) is 5.84 Å². The Hall–Kier alpha value is -3.84. The lowest BCUT2D eigenvalue weighted by molar-refractivity contribution is -0.115. The summed E-state index contributed by atoms with van der Waals surface area (Å²) < 4.78 is 1.44. The molecule has 0 fully saturated rings. The molecular weight excluding hydrogens is 420 g/mol. The molecule has 4 rings (SSSR count). The number of rotatable bonds is 7. The van der Waals surface area contributed by atoms with Gasteiger partial charge in [0, 0.05) is 16.8 Å². The number of thioether (sulfide) groups is 1. The number of amides is 1. The predicted molar refractivity (Wildman–Crippen MR) is 128 cm³/mol. The number of carbonyl (C=O) groups is 2. The summed E-state index contributed by atoms with van der Waals surface area (Å²) in [6.07, 6.45) is 1.74. The van der Waals surface area contributed by atoms with Crippen molar-refractivity contribution in [1.82, 2.24) is 9.66 Å². The highest BCUT2D eigenvalue weighted by Gasteiger charge is 2.25. The van der Waals surface area contributed by atoms with E-state index < -0.39 is 5.25 Å². The number of imidazole rings is 1. The molecular formula is C25H22N4O2S. The van der Waals surface area contributed by atoms with Gasteiger partial charge in [0.25, 0.3) is 0 Å². The minimum Gasteiger partial charge on any atom is -0.337 e. The Morgan fingerprint density at radius 1 is 0.969 bits per heavy atom. The number of carbonyl (C=O) groups excluding carboxylic acids is 2. The van der Waals surface area contributed by atoms with Crippen LogP contribution >= 0.6 is 11.8 Å². The minimum absolute atomic E-state index is 0.0614. The quantitative estimate of drug-likeness (QED) is 0.240. The molecule has 0 bridgehead atoms. The van der Waals surface area contributed by atoms with Gasteiger partial charge in [0.05, 0.1) is 11.9 Å². The summed E-state index contributed by atoms with van der Waals surface area (Å²) in [5, 5.41) is 2.85. The summed E-state index contributed by atoms with van der Waals surface area (Å²) in [6, 6.07) is 26.1. The van der Waals surface area contributed by atoms with Crippen LogP contribution in [0.25, 0.3) is 11.3 Å². The van der Waals surface area contributed by atoms with Crippen molar-refractivity contribution in [2.75, 3.05) is 11.2 Å². The molecule has 3 N–H and O–H groups in total. The summed E-state index contributed by atoms with van der Waals surface area (Å²) in [4.78, 5) is 29.6. The number of ketones is 1. The first kappa shape index (κ1) is 21.4. The van der Waals surface area contributed by atoms with Crippen LogP contribution in [0.3, 0.4) is 0 Å². The lowest BCUT2D eigenvalue weighted by Crippen LogP contribution is -2.20. The van der Waals surface area contributed by atoms with E-state index in [1.807, 2.05) is 60.7 Å². The van der Waals surface area contributed by atoms with E-state index in [2.05, 4.69) is 10.3 Å². The number of nitrogen functional groups attached to an aromatic ring is 1. The highest BCUT2D eigenvalue weighted by molar-refractivity contribution is 8.00. The molecule has 1 amide bonds. The molecule has 7 heteroatoms. The third-order valence-corrected chi connectivity index (χ3v) is 6.10. The average Bonchev–Trinajstić information content (AvgIpc) is 3.19. The Bertz CT molecular complexity index is 1240. The van der Waals surface area contributed by atoms with Gasteiger partial charge in [0.1, 0.15) is 5.25 Å². The van der Waals surface area contributed by atoms with Crippen molar-refractivity contribution < 1.29 is 9.59 Å². The van der Waals surface area contributed by atoms with Gasteiger partial charge < -0.3 is 11.2 Å². The highest BCUT2D eigenvalue weighted by atomic mass is 32.2. The van der Waals surface area contributed by atoms with Crippen molar-refractivity contribution in [2.45, 2.75) is 17.3 Å². The summed E-state index contributed by atoms with van der Waals surface area (Å²) >= 11 is 1.27. The van der Waals surface area contributed by atoms with Crippen LogP contribution in [-0.2, 0) is 4.79 Å². The van der Waals surface area contributed by atoms with Crippen LogP contribution in [0.2, 0.25) is 0 Å². The molecule has 160 valence electrons. The molecule has 0 saturated heterocycles. The Labute approximate surface area is 190 Å². The molecule has 0 unspecified atom stereocenters. The lowest BCUT2D eigenvalue weighted by Gasteiger charge is -2.17. The van der Waals surface area contributed by atoms with Crippen LogP contribution in [0.15, 0.2) is 96.3 Å². The van der Waals surface area contributed by atoms with Crippen molar-refractivity contribution in [1.29, 1.82) is 0 Å². The molecule has 0 spiro atoms. The second-order valence-corrected chi connectivity index (χ2v) is 8.29. The molecule has 4 aromatic rings. The van der Waals surface area contributed by atoms with Crippen molar-refractivity contribution in [3.05, 3.63) is 102 Å². The first-order valence-corrected chi connectivity index (χ1v) is 10.9. The van der Waals surface area contributed by atoms with E-state index in [1.165, 1.54) is 23.4 Å². The summed E-state index contributed by atoms with van der Waals surface area (Å²) in [6.45, 7) is 1.49. The summed E-state index contributed by atoms with van der Waals surface area (Å²) in [7, 11) is 0. The topological polar surface area (TPSA) is 90.0 Å². The first-order chi connectivity index (χ1) is 15.5. The van der Waals surface area contributed by atoms with Crippen LogP contribution in [0.5, 0.6) is 0 Å². The molecule has 0 aliphatic heterocycles. The van der Waals surface area contributed by atoms with Gasteiger partial charge in [0.2, 0.25) is 5.91 Å². The molecule has 1 atom stereocenters. The zero-order valence-electron chi connectivity index (χ0n) is 17.4. The van der Waals surface area contributed by atoms with E-state index in [0.717, 1.165) is 16.8 Å². The average molecular weight is 443 g/mol. The van der Waals surface area contributed by atoms with E-state index in [9.17, 15) is 9.59 Å². The molecule has 0 saturated carbocycles. The van der Waals surface area contributed by atoms with E-state index in [0.29, 0.717) is 16.4 Å². The second-order valence-electron chi connectivity index (χ2n) is 7.22. The number of nitrogens with one attached hydrogen (secondary N) is 1. The molecule has 0 radical (unpaired) electrons. The van der Waals surface area contributed by atoms with Gasteiger partial charge in [-0.05, 0) is 24.6 Å². The number of hydrogen-bond acceptors (Lipinski definition) is 5. The third-order valence-electron chi connectivity index (χ3n) is 4.87.